The molecule has 0 spiro atoms. The molecule has 21 heavy (non-hydrogen) atoms. The first-order valence-corrected chi connectivity index (χ1v) is 8.27. The third-order valence-electron chi connectivity index (χ3n) is 4.96. The minimum absolute atomic E-state index is 0.281. The summed E-state index contributed by atoms with van der Waals surface area (Å²) >= 11 is 0. The van der Waals surface area contributed by atoms with Crippen LogP contribution in [-0.4, -0.2) is 40.5 Å². The maximum atomic E-state index is 14.2. The van der Waals surface area contributed by atoms with Crippen LogP contribution in [0.2, 0.25) is 0 Å². The molecule has 2 saturated heterocycles. The molecule has 1 aromatic heterocycles. The molecule has 3 heterocycles. The number of halogens is 1. The molecule has 0 aliphatic carbocycles. The Morgan fingerprint density at radius 3 is 2.95 bits per heavy atom. The Balaban J connectivity index is 1.64. The molecule has 4 nitrogen and oxygen atoms in total. The molecule has 0 unspecified atom stereocenters. The topological polar surface area (TPSA) is 41.1 Å². The first kappa shape index (κ1) is 14.7. The summed E-state index contributed by atoms with van der Waals surface area (Å²) in [6.45, 7) is 5.21. The van der Waals surface area contributed by atoms with Gasteiger partial charge in [0.1, 0.15) is 6.33 Å². The molecule has 3 rings (SSSR count). The Morgan fingerprint density at radius 2 is 2.10 bits per heavy atom. The lowest BCUT2D eigenvalue weighted by Crippen LogP contribution is -2.49. The van der Waals surface area contributed by atoms with E-state index in [1.165, 1.54) is 51.5 Å². The van der Waals surface area contributed by atoms with E-state index in [1.54, 1.807) is 0 Å². The van der Waals surface area contributed by atoms with Gasteiger partial charge in [-0.3, -0.25) is 0 Å². The Morgan fingerprint density at radius 1 is 1.24 bits per heavy atom. The molecule has 0 aromatic carbocycles. The van der Waals surface area contributed by atoms with Gasteiger partial charge in [0, 0.05) is 12.6 Å². The Kier molecular flexibility index (Phi) is 4.68. The second kappa shape index (κ2) is 6.69. The van der Waals surface area contributed by atoms with Gasteiger partial charge in [0.25, 0.3) is 0 Å². The molecule has 1 N–H and O–H groups in total. The van der Waals surface area contributed by atoms with Crippen molar-refractivity contribution < 1.29 is 4.39 Å². The van der Waals surface area contributed by atoms with E-state index in [4.69, 9.17) is 0 Å². The van der Waals surface area contributed by atoms with Crippen molar-refractivity contribution in [2.75, 3.05) is 25.0 Å². The van der Waals surface area contributed by atoms with Crippen molar-refractivity contribution in [3.8, 4) is 0 Å². The van der Waals surface area contributed by atoms with Gasteiger partial charge in [-0.2, -0.15) is 0 Å². The summed E-state index contributed by atoms with van der Waals surface area (Å²) < 4.78 is 14.2. The molecule has 1 aromatic rings. The largest absolute Gasteiger partial charge is 0.367 e. The van der Waals surface area contributed by atoms with E-state index in [9.17, 15) is 4.39 Å². The molecule has 0 radical (unpaired) electrons. The lowest BCUT2D eigenvalue weighted by Gasteiger charge is -2.44. The highest BCUT2D eigenvalue weighted by Crippen LogP contribution is 2.31. The molecule has 2 aliphatic rings. The molecular formula is C16H25FN4. The summed E-state index contributed by atoms with van der Waals surface area (Å²) in [5.74, 6) is 0.699. The van der Waals surface area contributed by atoms with E-state index in [-0.39, 0.29) is 5.82 Å². The van der Waals surface area contributed by atoms with Crippen molar-refractivity contribution in [1.82, 2.24) is 14.9 Å². The second-order valence-electron chi connectivity index (χ2n) is 6.22. The molecule has 5 heteroatoms. The van der Waals surface area contributed by atoms with Crippen LogP contribution >= 0.6 is 0 Å². The highest BCUT2D eigenvalue weighted by Gasteiger charge is 2.32. The third-order valence-corrected chi connectivity index (χ3v) is 4.96. The zero-order valence-electron chi connectivity index (χ0n) is 12.8. The van der Waals surface area contributed by atoms with Crippen LogP contribution in [0.1, 0.15) is 44.7 Å². The van der Waals surface area contributed by atoms with Gasteiger partial charge in [-0.05, 0) is 51.1 Å². The maximum Gasteiger partial charge on any atom is 0.186 e. The molecule has 2 fully saturated rings. The highest BCUT2D eigenvalue weighted by atomic mass is 19.1. The zero-order valence-corrected chi connectivity index (χ0v) is 12.8. The standard InChI is InChI=1S/C16H25FN4/c1-2-13-15(17)16(20-11-19-13)18-10-12-6-5-9-21-8-4-3-7-14(12)21/h11-12,14H,2-10H2,1H3,(H,18,19,20)/t12-,14+/m0/s1. The number of anilines is 1. The van der Waals surface area contributed by atoms with Crippen molar-refractivity contribution in [1.29, 1.82) is 0 Å². The number of nitrogens with one attached hydrogen (secondary N) is 1. The molecule has 0 amide bonds. The van der Waals surface area contributed by atoms with E-state index in [0.717, 1.165) is 6.54 Å². The Bertz CT molecular complexity index is 477. The van der Waals surface area contributed by atoms with Gasteiger partial charge in [0.05, 0.1) is 5.69 Å². The smallest absolute Gasteiger partial charge is 0.186 e. The van der Waals surface area contributed by atoms with Crippen LogP contribution < -0.4 is 5.32 Å². The maximum absolute atomic E-state index is 14.2. The van der Waals surface area contributed by atoms with Crippen LogP contribution in [0.3, 0.4) is 0 Å². The van der Waals surface area contributed by atoms with Gasteiger partial charge in [-0.25, -0.2) is 14.4 Å². The van der Waals surface area contributed by atoms with E-state index in [2.05, 4.69) is 20.2 Å². The molecule has 2 atom stereocenters. The van der Waals surface area contributed by atoms with E-state index in [0.29, 0.717) is 29.9 Å². The van der Waals surface area contributed by atoms with Crippen molar-refractivity contribution >= 4 is 5.82 Å². The number of aromatic nitrogens is 2. The summed E-state index contributed by atoms with van der Waals surface area (Å²) in [5, 5.41) is 3.24. The van der Waals surface area contributed by atoms with Gasteiger partial charge in [-0.1, -0.05) is 13.3 Å². The second-order valence-corrected chi connectivity index (χ2v) is 6.22. The molecular weight excluding hydrogens is 267 g/mol. The van der Waals surface area contributed by atoms with Gasteiger partial charge < -0.3 is 10.2 Å². The normalized spacial score (nSPS) is 26.4. The van der Waals surface area contributed by atoms with Gasteiger partial charge >= 0.3 is 0 Å². The predicted octanol–water partition coefficient (Wildman–Crippen LogP) is 2.85. The lowest BCUT2D eigenvalue weighted by molar-refractivity contribution is 0.0648. The van der Waals surface area contributed by atoms with Crippen LogP contribution in [0.5, 0.6) is 0 Å². The Labute approximate surface area is 126 Å². The average molecular weight is 292 g/mol. The average Bonchev–Trinajstić information content (AvgIpc) is 2.54. The molecule has 2 aliphatic heterocycles. The van der Waals surface area contributed by atoms with Crippen molar-refractivity contribution in [2.24, 2.45) is 5.92 Å². The quantitative estimate of drug-likeness (QED) is 0.926. The van der Waals surface area contributed by atoms with Crippen molar-refractivity contribution in [3.63, 3.8) is 0 Å². The van der Waals surface area contributed by atoms with Crippen LogP contribution in [0.25, 0.3) is 0 Å². The molecule has 0 saturated carbocycles. The minimum Gasteiger partial charge on any atom is -0.367 e. The molecule has 0 bridgehead atoms. The monoisotopic (exact) mass is 292 g/mol. The third kappa shape index (κ3) is 3.18. The van der Waals surface area contributed by atoms with Gasteiger partial charge in [0.15, 0.2) is 11.6 Å². The lowest BCUT2D eigenvalue weighted by atomic mass is 9.83. The minimum atomic E-state index is -0.281. The zero-order chi connectivity index (χ0) is 14.7. The highest BCUT2D eigenvalue weighted by molar-refractivity contribution is 5.37. The van der Waals surface area contributed by atoms with Crippen LogP contribution in [0.4, 0.5) is 10.2 Å². The summed E-state index contributed by atoms with van der Waals surface area (Å²) in [5.41, 5.74) is 0.496. The number of aryl methyl sites for hydroxylation is 1. The predicted molar refractivity (Wildman–Crippen MR) is 81.8 cm³/mol. The van der Waals surface area contributed by atoms with Crippen LogP contribution in [0.15, 0.2) is 6.33 Å². The summed E-state index contributed by atoms with van der Waals surface area (Å²) in [6, 6.07) is 0.676. The number of hydrogen-bond acceptors (Lipinski definition) is 4. The summed E-state index contributed by atoms with van der Waals surface area (Å²) in [4.78, 5) is 10.7. The van der Waals surface area contributed by atoms with Gasteiger partial charge in [-0.15, -0.1) is 0 Å². The summed E-state index contributed by atoms with van der Waals surface area (Å²) in [7, 11) is 0. The fourth-order valence-corrected chi connectivity index (χ4v) is 3.82. The Hall–Kier alpha value is -1.23. The fraction of sp³-hybridized carbons (Fsp3) is 0.750. The number of fused-ring (bicyclic) bond motifs is 1. The number of nitrogens with zero attached hydrogens (tertiary/aromatic N) is 3. The first-order valence-electron chi connectivity index (χ1n) is 8.27. The number of rotatable bonds is 4. The SMILES string of the molecule is CCc1ncnc(NC[C@@H]2CCCN3CCCC[C@H]23)c1F. The summed E-state index contributed by atoms with van der Waals surface area (Å²) in [6.07, 6.45) is 8.51. The van der Waals surface area contributed by atoms with E-state index < -0.39 is 0 Å². The van der Waals surface area contributed by atoms with E-state index >= 15 is 0 Å². The number of hydrogen-bond donors (Lipinski definition) is 1. The first-order chi connectivity index (χ1) is 10.3. The van der Waals surface area contributed by atoms with Crippen molar-refractivity contribution in [2.45, 2.75) is 51.5 Å². The molecule has 116 valence electrons. The van der Waals surface area contributed by atoms with E-state index in [1.807, 2.05) is 6.92 Å². The van der Waals surface area contributed by atoms with Crippen LogP contribution in [-0.2, 0) is 6.42 Å². The van der Waals surface area contributed by atoms with Crippen molar-refractivity contribution in [3.05, 3.63) is 17.8 Å². The fourth-order valence-electron chi connectivity index (χ4n) is 3.82. The number of piperidine rings is 2. The van der Waals surface area contributed by atoms with Crippen LogP contribution in [0, 0.1) is 11.7 Å². The van der Waals surface area contributed by atoms with Gasteiger partial charge in [0.2, 0.25) is 0 Å².